The monoisotopic (exact) mass is 211 g/mol. The van der Waals surface area contributed by atoms with Gasteiger partial charge in [-0.15, -0.1) is 0 Å². The highest BCUT2D eigenvalue weighted by molar-refractivity contribution is 5.68. The summed E-state index contributed by atoms with van der Waals surface area (Å²) in [6, 6.07) is 0. The van der Waals surface area contributed by atoms with Crippen LogP contribution >= 0.6 is 0 Å². The van der Waals surface area contributed by atoms with Crippen molar-refractivity contribution in [1.29, 1.82) is 0 Å². The first-order valence-electron chi connectivity index (χ1n) is 5.93. The zero-order valence-electron chi connectivity index (χ0n) is 9.95. The van der Waals surface area contributed by atoms with E-state index in [1.54, 1.807) is 0 Å². The van der Waals surface area contributed by atoms with E-state index in [1.807, 2.05) is 25.7 Å². The van der Waals surface area contributed by atoms with Gasteiger partial charge in [0.1, 0.15) is 5.60 Å². The van der Waals surface area contributed by atoms with E-state index in [0.29, 0.717) is 0 Å². The largest absolute Gasteiger partial charge is 0.444 e. The van der Waals surface area contributed by atoms with Gasteiger partial charge >= 0.3 is 6.09 Å². The smallest absolute Gasteiger partial charge is 0.410 e. The van der Waals surface area contributed by atoms with Gasteiger partial charge in [0.15, 0.2) is 0 Å². The lowest BCUT2D eigenvalue weighted by Gasteiger charge is -2.24. The Morgan fingerprint density at radius 2 is 1.73 bits per heavy atom. The minimum atomic E-state index is -0.366. The predicted octanol–water partition coefficient (Wildman–Crippen LogP) is 2.65. The molecule has 0 aromatic carbocycles. The molecule has 2 rings (SSSR count). The van der Waals surface area contributed by atoms with E-state index in [0.717, 1.165) is 24.9 Å². The van der Waals surface area contributed by atoms with Crippen LogP contribution in [0, 0.1) is 11.8 Å². The molecular formula is C12H21NO2. The second-order valence-electron chi connectivity index (χ2n) is 5.84. The van der Waals surface area contributed by atoms with E-state index >= 15 is 0 Å². The standard InChI is InChI=1S/C12H21NO2/c1-12(2,3)15-11(14)13-7-9-5-4-6-10(9)8-13/h9-10H,4-8H2,1-3H3/t9-,10-/m1/s1. The summed E-state index contributed by atoms with van der Waals surface area (Å²) in [5.41, 5.74) is -0.366. The Balaban J connectivity index is 1.88. The molecular weight excluding hydrogens is 190 g/mol. The summed E-state index contributed by atoms with van der Waals surface area (Å²) in [5, 5.41) is 0. The van der Waals surface area contributed by atoms with Crippen molar-refractivity contribution in [3.63, 3.8) is 0 Å². The summed E-state index contributed by atoms with van der Waals surface area (Å²) in [4.78, 5) is 13.7. The Kier molecular flexibility index (Phi) is 2.65. The highest BCUT2D eigenvalue weighted by Crippen LogP contribution is 2.38. The molecule has 1 saturated carbocycles. The normalized spacial score (nSPS) is 30.5. The van der Waals surface area contributed by atoms with E-state index in [-0.39, 0.29) is 11.7 Å². The highest BCUT2D eigenvalue weighted by Gasteiger charge is 2.39. The maximum Gasteiger partial charge on any atom is 0.410 e. The molecule has 1 heterocycles. The van der Waals surface area contributed by atoms with Crippen LogP contribution in [0.5, 0.6) is 0 Å². The zero-order valence-corrected chi connectivity index (χ0v) is 9.95. The quantitative estimate of drug-likeness (QED) is 0.616. The van der Waals surface area contributed by atoms with Gasteiger partial charge in [0.2, 0.25) is 0 Å². The van der Waals surface area contributed by atoms with Crippen LogP contribution in [0.25, 0.3) is 0 Å². The summed E-state index contributed by atoms with van der Waals surface area (Å²) >= 11 is 0. The third kappa shape index (κ3) is 2.44. The summed E-state index contributed by atoms with van der Waals surface area (Å²) in [7, 11) is 0. The Morgan fingerprint density at radius 3 is 2.20 bits per heavy atom. The number of fused-ring (bicyclic) bond motifs is 1. The van der Waals surface area contributed by atoms with Crippen LogP contribution in [0.3, 0.4) is 0 Å². The fraction of sp³-hybridized carbons (Fsp3) is 0.917. The van der Waals surface area contributed by atoms with Crippen molar-refractivity contribution in [3.8, 4) is 0 Å². The Hall–Kier alpha value is -0.730. The van der Waals surface area contributed by atoms with Gasteiger partial charge in [0.05, 0.1) is 0 Å². The molecule has 2 fully saturated rings. The van der Waals surface area contributed by atoms with Crippen molar-refractivity contribution in [2.75, 3.05) is 13.1 Å². The number of carbonyl (C=O) groups is 1. The molecule has 3 heteroatoms. The summed E-state index contributed by atoms with van der Waals surface area (Å²) in [6.45, 7) is 7.59. The molecule has 2 aliphatic rings. The zero-order chi connectivity index (χ0) is 11.1. The number of hydrogen-bond donors (Lipinski definition) is 0. The molecule has 15 heavy (non-hydrogen) atoms. The van der Waals surface area contributed by atoms with Crippen molar-refractivity contribution in [3.05, 3.63) is 0 Å². The van der Waals surface area contributed by atoms with E-state index < -0.39 is 0 Å². The first-order chi connectivity index (χ1) is 6.96. The first-order valence-corrected chi connectivity index (χ1v) is 5.93. The molecule has 0 radical (unpaired) electrons. The maximum atomic E-state index is 11.8. The van der Waals surface area contributed by atoms with Crippen molar-refractivity contribution in [2.45, 2.75) is 45.6 Å². The van der Waals surface area contributed by atoms with Gasteiger partial charge in [0, 0.05) is 13.1 Å². The van der Waals surface area contributed by atoms with E-state index in [4.69, 9.17) is 4.74 Å². The van der Waals surface area contributed by atoms with Gasteiger partial charge in [-0.2, -0.15) is 0 Å². The fourth-order valence-electron chi connectivity index (χ4n) is 2.71. The average molecular weight is 211 g/mol. The molecule has 1 saturated heterocycles. The fourth-order valence-corrected chi connectivity index (χ4v) is 2.71. The Morgan fingerprint density at radius 1 is 1.20 bits per heavy atom. The van der Waals surface area contributed by atoms with Gasteiger partial charge in [0.25, 0.3) is 0 Å². The van der Waals surface area contributed by atoms with Gasteiger partial charge in [-0.3, -0.25) is 0 Å². The summed E-state index contributed by atoms with van der Waals surface area (Å²) < 4.78 is 5.37. The number of ether oxygens (including phenoxy) is 1. The molecule has 1 amide bonds. The second-order valence-corrected chi connectivity index (χ2v) is 5.84. The molecule has 0 bridgehead atoms. The van der Waals surface area contributed by atoms with Crippen molar-refractivity contribution < 1.29 is 9.53 Å². The summed E-state index contributed by atoms with van der Waals surface area (Å²) in [6.07, 6.45) is 3.81. The van der Waals surface area contributed by atoms with E-state index in [2.05, 4.69) is 0 Å². The average Bonchev–Trinajstić information content (AvgIpc) is 2.56. The summed E-state index contributed by atoms with van der Waals surface area (Å²) in [5.74, 6) is 1.50. The molecule has 2 atom stereocenters. The van der Waals surface area contributed by atoms with Gasteiger partial charge in [-0.1, -0.05) is 6.42 Å². The second kappa shape index (κ2) is 3.69. The minimum Gasteiger partial charge on any atom is -0.444 e. The van der Waals surface area contributed by atoms with E-state index in [9.17, 15) is 4.79 Å². The number of rotatable bonds is 0. The topological polar surface area (TPSA) is 29.5 Å². The molecule has 0 N–H and O–H groups in total. The maximum absolute atomic E-state index is 11.8. The first kappa shape index (κ1) is 10.8. The van der Waals surface area contributed by atoms with Crippen LogP contribution in [0.2, 0.25) is 0 Å². The lowest BCUT2D eigenvalue weighted by molar-refractivity contribution is 0.0280. The molecule has 0 aromatic heterocycles. The number of nitrogens with zero attached hydrogens (tertiary/aromatic N) is 1. The molecule has 0 unspecified atom stereocenters. The number of hydrogen-bond acceptors (Lipinski definition) is 2. The van der Waals surface area contributed by atoms with Crippen LogP contribution in [-0.4, -0.2) is 29.7 Å². The molecule has 0 spiro atoms. The number of likely N-dealkylation sites (tertiary alicyclic amines) is 1. The Bertz CT molecular complexity index is 245. The van der Waals surface area contributed by atoms with Gasteiger partial charge in [-0.25, -0.2) is 4.79 Å². The predicted molar refractivity (Wildman–Crippen MR) is 58.6 cm³/mol. The third-order valence-corrected chi connectivity index (χ3v) is 3.38. The molecule has 3 nitrogen and oxygen atoms in total. The molecule has 0 aromatic rings. The van der Waals surface area contributed by atoms with Crippen molar-refractivity contribution >= 4 is 6.09 Å². The van der Waals surface area contributed by atoms with Crippen LogP contribution in [-0.2, 0) is 4.74 Å². The van der Waals surface area contributed by atoms with Crippen LogP contribution in [0.1, 0.15) is 40.0 Å². The molecule has 1 aliphatic carbocycles. The number of amides is 1. The van der Waals surface area contributed by atoms with Crippen molar-refractivity contribution in [1.82, 2.24) is 4.90 Å². The minimum absolute atomic E-state index is 0.128. The van der Waals surface area contributed by atoms with Crippen molar-refractivity contribution in [2.24, 2.45) is 11.8 Å². The van der Waals surface area contributed by atoms with Crippen LogP contribution < -0.4 is 0 Å². The molecule has 86 valence electrons. The van der Waals surface area contributed by atoms with E-state index in [1.165, 1.54) is 19.3 Å². The third-order valence-electron chi connectivity index (χ3n) is 3.38. The van der Waals surface area contributed by atoms with Gasteiger partial charge in [-0.05, 0) is 45.4 Å². The SMILES string of the molecule is CC(C)(C)OC(=O)N1C[C@H]2CCC[C@@H]2C1. The lowest BCUT2D eigenvalue weighted by atomic mass is 10.0. The highest BCUT2D eigenvalue weighted by atomic mass is 16.6. The Labute approximate surface area is 91.8 Å². The van der Waals surface area contributed by atoms with Crippen LogP contribution in [0.15, 0.2) is 0 Å². The number of carbonyl (C=O) groups excluding carboxylic acids is 1. The molecule has 1 aliphatic heterocycles. The van der Waals surface area contributed by atoms with Gasteiger partial charge < -0.3 is 9.64 Å². The lowest BCUT2D eigenvalue weighted by Crippen LogP contribution is -2.35. The van der Waals surface area contributed by atoms with Crippen LogP contribution in [0.4, 0.5) is 4.79 Å².